The Morgan fingerprint density at radius 2 is 1.94 bits per heavy atom. The lowest BCUT2D eigenvalue weighted by molar-refractivity contribution is 0.887. The highest BCUT2D eigenvalue weighted by molar-refractivity contribution is 7.98. The lowest BCUT2D eigenvalue weighted by Gasteiger charge is -1.96. The topological polar surface area (TPSA) is 77.6 Å². The van der Waals surface area contributed by atoms with Crippen molar-refractivity contribution in [2.24, 2.45) is 0 Å². The molecule has 2 aromatic rings. The van der Waals surface area contributed by atoms with E-state index in [-0.39, 0.29) is 0 Å². The van der Waals surface area contributed by atoms with E-state index in [0.29, 0.717) is 5.13 Å². The molecule has 0 saturated carbocycles. The number of nitrogen functional groups attached to an aromatic ring is 1. The van der Waals surface area contributed by atoms with E-state index in [9.17, 15) is 0 Å². The molecule has 0 amide bonds. The predicted molar refractivity (Wildman–Crippen MR) is 73.5 cm³/mol. The average Bonchev–Trinajstić information content (AvgIpc) is 2.88. The maximum atomic E-state index is 5.51. The molecular formula is C9H13N5S3. The van der Waals surface area contributed by atoms with Gasteiger partial charge in [-0.15, -0.1) is 31.7 Å². The van der Waals surface area contributed by atoms with E-state index in [4.69, 9.17) is 5.73 Å². The zero-order chi connectivity index (χ0) is 12.1. The van der Waals surface area contributed by atoms with Gasteiger partial charge < -0.3 is 5.73 Å². The molecule has 0 aliphatic carbocycles. The minimum Gasteiger partial charge on any atom is -0.374 e. The molecule has 92 valence electrons. The Labute approximate surface area is 112 Å². The molecule has 0 unspecified atom stereocenters. The van der Waals surface area contributed by atoms with Crippen molar-refractivity contribution in [3.63, 3.8) is 0 Å². The number of thioether (sulfide) groups is 1. The van der Waals surface area contributed by atoms with Crippen molar-refractivity contribution >= 4 is 39.6 Å². The summed E-state index contributed by atoms with van der Waals surface area (Å²) in [7, 11) is 0. The summed E-state index contributed by atoms with van der Waals surface area (Å²) in [5.74, 6) is 2.04. The van der Waals surface area contributed by atoms with Gasteiger partial charge in [-0.1, -0.05) is 11.3 Å². The van der Waals surface area contributed by atoms with Gasteiger partial charge in [-0.05, 0) is 19.1 Å². The molecule has 0 aromatic carbocycles. The van der Waals surface area contributed by atoms with Crippen molar-refractivity contribution in [1.29, 1.82) is 0 Å². The number of hydrogen-bond donors (Lipinski definition) is 1. The van der Waals surface area contributed by atoms with Gasteiger partial charge in [0.2, 0.25) is 5.13 Å². The van der Waals surface area contributed by atoms with Crippen LogP contribution < -0.4 is 5.73 Å². The Balaban J connectivity index is 1.60. The van der Waals surface area contributed by atoms with Crippen LogP contribution in [0.2, 0.25) is 0 Å². The van der Waals surface area contributed by atoms with Gasteiger partial charge in [-0.25, -0.2) is 0 Å². The normalized spacial score (nSPS) is 10.9. The molecule has 0 atom stereocenters. The lowest BCUT2D eigenvalue weighted by atomic mass is 10.4. The molecule has 2 heterocycles. The summed E-state index contributed by atoms with van der Waals surface area (Å²) in [4.78, 5) is 0. The van der Waals surface area contributed by atoms with Crippen LogP contribution in [-0.4, -0.2) is 26.1 Å². The Morgan fingerprint density at radius 3 is 2.59 bits per heavy atom. The first-order valence-electron chi connectivity index (χ1n) is 5.18. The van der Waals surface area contributed by atoms with Crippen molar-refractivity contribution in [3.05, 3.63) is 15.0 Å². The molecule has 0 fully saturated rings. The maximum absolute atomic E-state index is 5.51. The number of anilines is 1. The minimum absolute atomic E-state index is 0.553. The van der Waals surface area contributed by atoms with Crippen LogP contribution in [0.3, 0.4) is 0 Å². The molecule has 0 radical (unpaired) electrons. The highest BCUT2D eigenvalue weighted by atomic mass is 32.2. The van der Waals surface area contributed by atoms with Gasteiger partial charge in [-0.2, -0.15) is 11.8 Å². The third-order valence-corrected chi connectivity index (χ3v) is 4.84. The fraction of sp³-hybridized carbons (Fsp3) is 0.556. The van der Waals surface area contributed by atoms with Gasteiger partial charge in [0.15, 0.2) is 0 Å². The van der Waals surface area contributed by atoms with E-state index >= 15 is 0 Å². The third kappa shape index (κ3) is 4.21. The van der Waals surface area contributed by atoms with E-state index in [1.54, 1.807) is 11.3 Å². The summed E-state index contributed by atoms with van der Waals surface area (Å²) in [6, 6.07) is 0. The van der Waals surface area contributed by atoms with Crippen molar-refractivity contribution in [2.75, 3.05) is 11.5 Å². The molecule has 0 aliphatic heterocycles. The molecule has 0 aliphatic rings. The van der Waals surface area contributed by atoms with Crippen LogP contribution in [0.4, 0.5) is 5.13 Å². The number of nitrogens with two attached hydrogens (primary N) is 1. The van der Waals surface area contributed by atoms with Crippen LogP contribution in [0.15, 0.2) is 0 Å². The predicted octanol–water partition coefficient (Wildman–Crippen LogP) is 2.15. The maximum Gasteiger partial charge on any atom is 0.203 e. The molecule has 0 spiro atoms. The summed E-state index contributed by atoms with van der Waals surface area (Å²) in [6.07, 6.45) is 2.05. The van der Waals surface area contributed by atoms with Crippen molar-refractivity contribution in [2.45, 2.75) is 25.5 Å². The Bertz CT molecular complexity index is 424. The minimum atomic E-state index is 0.553. The number of hydrogen-bond acceptors (Lipinski definition) is 8. The number of rotatable bonds is 6. The van der Waals surface area contributed by atoms with Gasteiger partial charge >= 0.3 is 0 Å². The zero-order valence-electron chi connectivity index (χ0n) is 9.42. The van der Waals surface area contributed by atoms with Crippen LogP contribution in [0, 0.1) is 6.92 Å². The van der Waals surface area contributed by atoms with Gasteiger partial charge in [0.1, 0.15) is 15.0 Å². The summed E-state index contributed by atoms with van der Waals surface area (Å²) >= 11 is 5.02. The highest BCUT2D eigenvalue weighted by Crippen LogP contribution is 2.18. The van der Waals surface area contributed by atoms with Crippen molar-refractivity contribution in [1.82, 2.24) is 20.4 Å². The Hall–Kier alpha value is -0.730. The summed E-state index contributed by atoms with van der Waals surface area (Å²) in [6.45, 7) is 1.98. The van der Waals surface area contributed by atoms with Crippen molar-refractivity contribution < 1.29 is 0 Å². The molecule has 2 rings (SSSR count). The SMILES string of the molecule is Cc1nnc(CSCCCc2nnc(N)s2)s1. The number of nitrogens with zero attached hydrogens (tertiary/aromatic N) is 4. The van der Waals surface area contributed by atoms with Crippen LogP contribution >= 0.6 is 34.4 Å². The summed E-state index contributed by atoms with van der Waals surface area (Å²) in [5, 5.41) is 19.6. The fourth-order valence-electron chi connectivity index (χ4n) is 1.25. The van der Waals surface area contributed by atoms with Crippen LogP contribution in [-0.2, 0) is 12.2 Å². The second-order valence-corrected chi connectivity index (χ2v) is 6.87. The molecule has 0 bridgehead atoms. The van der Waals surface area contributed by atoms with E-state index in [1.807, 2.05) is 18.7 Å². The van der Waals surface area contributed by atoms with Crippen molar-refractivity contribution in [3.8, 4) is 0 Å². The van der Waals surface area contributed by atoms with E-state index in [1.165, 1.54) is 11.3 Å². The monoisotopic (exact) mass is 287 g/mol. The molecule has 8 heteroatoms. The highest BCUT2D eigenvalue weighted by Gasteiger charge is 2.02. The largest absolute Gasteiger partial charge is 0.374 e. The van der Waals surface area contributed by atoms with Gasteiger partial charge in [0, 0.05) is 12.2 Å². The number of aromatic nitrogens is 4. The number of aryl methyl sites for hydroxylation is 2. The van der Waals surface area contributed by atoms with Gasteiger partial charge in [0.25, 0.3) is 0 Å². The first-order valence-corrected chi connectivity index (χ1v) is 7.97. The fourth-order valence-corrected chi connectivity index (χ4v) is 3.61. The third-order valence-electron chi connectivity index (χ3n) is 1.96. The van der Waals surface area contributed by atoms with E-state index < -0.39 is 0 Å². The lowest BCUT2D eigenvalue weighted by Crippen LogP contribution is -1.88. The Morgan fingerprint density at radius 1 is 1.12 bits per heavy atom. The second kappa shape index (κ2) is 6.27. The molecule has 5 nitrogen and oxygen atoms in total. The summed E-state index contributed by atoms with van der Waals surface area (Å²) < 4.78 is 0. The standard InChI is InChI=1S/C9H13N5S3/c1-6-11-13-8(16-6)5-15-4-2-3-7-12-14-9(10)17-7/h2-5H2,1H3,(H2,10,14). The summed E-state index contributed by atoms with van der Waals surface area (Å²) in [5.41, 5.74) is 5.51. The van der Waals surface area contributed by atoms with Crippen LogP contribution in [0.25, 0.3) is 0 Å². The van der Waals surface area contributed by atoms with E-state index in [2.05, 4.69) is 20.4 Å². The quantitative estimate of drug-likeness (QED) is 0.820. The first-order chi connectivity index (χ1) is 8.24. The van der Waals surface area contributed by atoms with Crippen LogP contribution in [0.1, 0.15) is 21.4 Å². The second-order valence-electron chi connectivity index (χ2n) is 3.40. The average molecular weight is 287 g/mol. The van der Waals surface area contributed by atoms with E-state index in [0.717, 1.165) is 39.4 Å². The van der Waals surface area contributed by atoms with Gasteiger partial charge in [0.05, 0.1) is 0 Å². The van der Waals surface area contributed by atoms with Gasteiger partial charge in [-0.3, -0.25) is 0 Å². The first kappa shape index (κ1) is 12.7. The molecule has 2 aromatic heterocycles. The molecule has 17 heavy (non-hydrogen) atoms. The van der Waals surface area contributed by atoms with Crippen LogP contribution in [0.5, 0.6) is 0 Å². The molecule has 2 N–H and O–H groups in total. The zero-order valence-corrected chi connectivity index (χ0v) is 11.9. The molecule has 0 saturated heterocycles. The smallest absolute Gasteiger partial charge is 0.203 e. The molecular weight excluding hydrogens is 274 g/mol. The Kier molecular flexibility index (Phi) is 4.69.